The van der Waals surface area contributed by atoms with Crippen molar-refractivity contribution in [3.63, 3.8) is 0 Å². The second-order valence-electron chi connectivity index (χ2n) is 9.61. The molecule has 0 saturated heterocycles. The normalized spacial score (nSPS) is 14.3. The van der Waals surface area contributed by atoms with Crippen LogP contribution in [0.4, 0.5) is 0 Å². The third kappa shape index (κ3) is 6.64. The maximum atomic E-state index is 13.5. The summed E-state index contributed by atoms with van der Waals surface area (Å²) in [4.78, 5) is 57.1. The van der Waals surface area contributed by atoms with E-state index in [0.29, 0.717) is 0 Å². The third-order valence-corrected chi connectivity index (χ3v) is 7.12. The molecule has 4 rings (SSSR count). The van der Waals surface area contributed by atoms with E-state index in [1.807, 2.05) is 48.5 Å². The average Bonchev–Trinajstić information content (AvgIpc) is 3.55. The molecule has 12 heteroatoms. The van der Waals surface area contributed by atoms with E-state index in [2.05, 4.69) is 38.5 Å². The molecule has 0 aliphatic carbocycles. The number of amides is 3. The number of carboxylic acid groups (broad SMARTS) is 1. The highest BCUT2D eigenvalue weighted by Gasteiger charge is 2.30. The van der Waals surface area contributed by atoms with Crippen LogP contribution < -0.4 is 21.7 Å². The van der Waals surface area contributed by atoms with E-state index in [-0.39, 0.29) is 18.6 Å². The van der Waals surface area contributed by atoms with Gasteiger partial charge in [-0.15, -0.1) is 0 Å². The van der Waals surface area contributed by atoms with Crippen molar-refractivity contribution in [3.8, 4) is 0 Å². The minimum absolute atomic E-state index is 0.0346. The minimum atomic E-state index is -1.25. The molecule has 4 unspecified atom stereocenters. The number of nitrogens with one attached hydrogen (secondary N) is 5. The lowest BCUT2D eigenvalue weighted by atomic mass is 10.0. The van der Waals surface area contributed by atoms with Crippen LogP contribution in [0, 0.1) is 0 Å². The molecular weight excluding hydrogens is 532 g/mol. The first kappa shape index (κ1) is 28.7. The number of hydrogen-bond acceptors (Lipinski definition) is 6. The lowest BCUT2D eigenvalue weighted by Crippen LogP contribution is -2.57. The fraction of sp³-hybridized carbons (Fsp3) is 0.286. The Morgan fingerprint density at radius 1 is 0.800 bits per heavy atom. The molecule has 0 bridgehead atoms. The second kappa shape index (κ2) is 12.7. The molecule has 2 aromatic carbocycles. The highest BCUT2D eigenvalue weighted by atomic mass is 32.1. The van der Waals surface area contributed by atoms with Crippen LogP contribution in [0.5, 0.6) is 0 Å². The minimum Gasteiger partial charge on any atom is -0.480 e. The Morgan fingerprint density at radius 2 is 1.30 bits per heavy atom. The number of aromatic amines is 2. The lowest BCUT2D eigenvalue weighted by molar-refractivity contribution is -0.142. The zero-order valence-electron chi connectivity index (χ0n) is 21.8. The number of nitrogens with two attached hydrogens (primary N) is 1. The topological polar surface area (TPSA) is 182 Å². The first-order chi connectivity index (χ1) is 19.2. The van der Waals surface area contributed by atoms with Gasteiger partial charge in [-0.1, -0.05) is 36.4 Å². The summed E-state index contributed by atoms with van der Waals surface area (Å²) in [5.74, 6) is -2.96. The molecule has 0 aliphatic rings. The largest absolute Gasteiger partial charge is 0.480 e. The van der Waals surface area contributed by atoms with Crippen molar-refractivity contribution >= 4 is 58.1 Å². The molecule has 210 valence electrons. The van der Waals surface area contributed by atoms with E-state index >= 15 is 0 Å². The van der Waals surface area contributed by atoms with Crippen LogP contribution in [0.1, 0.15) is 18.1 Å². The summed E-state index contributed by atoms with van der Waals surface area (Å²) in [5.41, 5.74) is 8.88. The number of H-pyrrole nitrogens is 2. The van der Waals surface area contributed by atoms with Gasteiger partial charge >= 0.3 is 5.97 Å². The zero-order valence-corrected chi connectivity index (χ0v) is 22.7. The fourth-order valence-corrected chi connectivity index (χ4v) is 4.65. The van der Waals surface area contributed by atoms with Gasteiger partial charge in [0.25, 0.3) is 0 Å². The molecule has 40 heavy (non-hydrogen) atoms. The van der Waals surface area contributed by atoms with E-state index < -0.39 is 47.9 Å². The zero-order chi connectivity index (χ0) is 28.8. The summed E-state index contributed by atoms with van der Waals surface area (Å²) < 4.78 is 0. The standard InChI is InChI=1S/C28H32N6O5S/c1-15(32-26(36)20(29)14-40)25(35)33-23(10-16-12-30-21-8-4-2-6-18(16)21)27(37)34-24(28(38)39)11-17-13-31-22-9-5-3-7-19(17)22/h2-9,12-13,15,20,23-24,30-31,40H,10-11,14,29H2,1H3,(H,32,36)(H,33,35)(H,34,37)(H,38,39). The number of carboxylic acids is 1. The van der Waals surface area contributed by atoms with Crippen LogP contribution in [0.2, 0.25) is 0 Å². The monoisotopic (exact) mass is 564 g/mol. The number of carbonyl (C=O) groups is 4. The molecule has 4 atom stereocenters. The van der Waals surface area contributed by atoms with E-state index in [0.717, 1.165) is 32.9 Å². The van der Waals surface area contributed by atoms with Gasteiger partial charge in [-0.2, -0.15) is 12.6 Å². The van der Waals surface area contributed by atoms with Gasteiger partial charge in [0.15, 0.2) is 0 Å². The summed E-state index contributed by atoms with van der Waals surface area (Å²) in [7, 11) is 0. The number of carbonyl (C=O) groups excluding carboxylic acids is 3. The number of aliphatic carboxylic acids is 1. The molecule has 2 heterocycles. The van der Waals surface area contributed by atoms with E-state index in [9.17, 15) is 24.3 Å². The molecule has 0 saturated carbocycles. The van der Waals surface area contributed by atoms with Crippen LogP contribution >= 0.6 is 12.6 Å². The number of rotatable bonds is 12. The average molecular weight is 565 g/mol. The van der Waals surface area contributed by atoms with Gasteiger partial charge in [0.2, 0.25) is 17.7 Å². The molecule has 0 spiro atoms. The second-order valence-corrected chi connectivity index (χ2v) is 9.97. The molecule has 0 fully saturated rings. The summed E-state index contributed by atoms with van der Waals surface area (Å²) in [6, 6.07) is 10.7. The van der Waals surface area contributed by atoms with Gasteiger partial charge in [0, 0.05) is 52.8 Å². The Morgan fingerprint density at radius 3 is 1.82 bits per heavy atom. The highest BCUT2D eigenvalue weighted by molar-refractivity contribution is 7.80. The first-order valence-electron chi connectivity index (χ1n) is 12.8. The number of fused-ring (bicyclic) bond motifs is 2. The summed E-state index contributed by atoms with van der Waals surface area (Å²) in [6.45, 7) is 1.47. The first-order valence-corrected chi connectivity index (χ1v) is 13.4. The van der Waals surface area contributed by atoms with Crippen molar-refractivity contribution in [1.82, 2.24) is 25.9 Å². The van der Waals surface area contributed by atoms with E-state index in [1.165, 1.54) is 6.92 Å². The Balaban J connectivity index is 1.55. The number of benzene rings is 2. The Hall–Kier alpha value is -4.29. The molecule has 4 aromatic rings. The Labute approximate surface area is 235 Å². The van der Waals surface area contributed by atoms with Gasteiger partial charge in [-0.25, -0.2) is 4.79 Å². The number of aromatic nitrogens is 2. The van der Waals surface area contributed by atoms with Crippen LogP contribution in [0.15, 0.2) is 60.9 Å². The van der Waals surface area contributed by atoms with Gasteiger partial charge in [-0.3, -0.25) is 14.4 Å². The van der Waals surface area contributed by atoms with Crippen molar-refractivity contribution in [3.05, 3.63) is 72.1 Å². The molecule has 11 nitrogen and oxygen atoms in total. The molecule has 0 radical (unpaired) electrons. The van der Waals surface area contributed by atoms with Crippen molar-refractivity contribution in [2.24, 2.45) is 5.73 Å². The summed E-state index contributed by atoms with van der Waals surface area (Å²) >= 11 is 4.00. The van der Waals surface area contributed by atoms with Gasteiger partial charge in [0.05, 0.1) is 6.04 Å². The maximum Gasteiger partial charge on any atom is 0.326 e. The van der Waals surface area contributed by atoms with Crippen molar-refractivity contribution in [2.75, 3.05) is 5.75 Å². The van der Waals surface area contributed by atoms with Crippen molar-refractivity contribution < 1.29 is 24.3 Å². The number of thiol groups is 1. The summed E-state index contributed by atoms with van der Waals surface area (Å²) in [5, 5.41) is 19.4. The predicted octanol–water partition coefficient (Wildman–Crippen LogP) is 1.25. The molecule has 8 N–H and O–H groups in total. The van der Waals surface area contributed by atoms with Crippen LogP contribution in [0.3, 0.4) is 0 Å². The molecule has 2 aromatic heterocycles. The molecule has 0 aliphatic heterocycles. The SMILES string of the molecule is CC(NC(=O)C(N)CS)C(=O)NC(Cc1c[nH]c2ccccc12)C(=O)NC(Cc1c[nH]c2ccccc12)C(=O)O. The van der Waals surface area contributed by atoms with Gasteiger partial charge < -0.3 is 36.8 Å². The summed E-state index contributed by atoms with van der Waals surface area (Å²) in [6.07, 6.45) is 3.58. The van der Waals surface area contributed by atoms with Crippen LogP contribution in [0.25, 0.3) is 21.8 Å². The van der Waals surface area contributed by atoms with Gasteiger partial charge in [-0.05, 0) is 30.2 Å². The smallest absolute Gasteiger partial charge is 0.326 e. The van der Waals surface area contributed by atoms with Crippen LogP contribution in [-0.4, -0.2) is 68.7 Å². The number of hydrogen-bond donors (Lipinski definition) is 8. The molecular formula is C28H32N6O5S. The predicted molar refractivity (Wildman–Crippen MR) is 155 cm³/mol. The van der Waals surface area contributed by atoms with E-state index in [4.69, 9.17) is 5.73 Å². The quantitative estimate of drug-likeness (QED) is 0.120. The lowest BCUT2D eigenvalue weighted by Gasteiger charge is -2.23. The third-order valence-electron chi connectivity index (χ3n) is 6.73. The van der Waals surface area contributed by atoms with Gasteiger partial charge in [0.1, 0.15) is 18.1 Å². The van der Waals surface area contributed by atoms with Crippen LogP contribution in [-0.2, 0) is 32.0 Å². The Bertz CT molecular complexity index is 1530. The fourth-order valence-electron chi connectivity index (χ4n) is 4.49. The van der Waals surface area contributed by atoms with E-state index in [1.54, 1.807) is 12.4 Å². The van der Waals surface area contributed by atoms with Crippen molar-refractivity contribution in [2.45, 2.75) is 43.9 Å². The Kier molecular flexibility index (Phi) is 9.12. The number of para-hydroxylation sites is 2. The maximum absolute atomic E-state index is 13.5. The highest BCUT2D eigenvalue weighted by Crippen LogP contribution is 2.21. The van der Waals surface area contributed by atoms with Crippen molar-refractivity contribution in [1.29, 1.82) is 0 Å². The molecule has 3 amide bonds.